The summed E-state index contributed by atoms with van der Waals surface area (Å²) in [6.07, 6.45) is 2.10. The van der Waals surface area contributed by atoms with Crippen molar-refractivity contribution in [2.75, 3.05) is 13.1 Å². The third-order valence-electron chi connectivity index (χ3n) is 5.48. The van der Waals surface area contributed by atoms with E-state index in [0.29, 0.717) is 12.0 Å². The Labute approximate surface area is 152 Å². The fourth-order valence-corrected chi connectivity index (χ4v) is 4.10. The molecule has 136 valence electrons. The van der Waals surface area contributed by atoms with E-state index in [-0.39, 0.29) is 6.04 Å². The second-order valence-corrected chi connectivity index (χ2v) is 7.35. The van der Waals surface area contributed by atoms with Crippen LogP contribution in [0.3, 0.4) is 0 Å². The molecule has 5 rings (SSSR count). The van der Waals surface area contributed by atoms with E-state index in [2.05, 4.69) is 43.1 Å². The van der Waals surface area contributed by atoms with Gasteiger partial charge in [0.15, 0.2) is 0 Å². The molecule has 3 atom stereocenters. The third kappa shape index (κ3) is 2.92. The van der Waals surface area contributed by atoms with Crippen LogP contribution >= 0.6 is 0 Å². The highest BCUT2D eigenvalue weighted by Gasteiger charge is 2.31. The Morgan fingerprint density at radius 1 is 1.35 bits per heavy atom. The SMILES string of the molecule is Cc1nc2n(n1)CC(NCC1CNNC1c1cc3ccccc3o1)CC2. The van der Waals surface area contributed by atoms with Crippen LogP contribution in [0, 0.1) is 12.8 Å². The first-order valence-electron chi connectivity index (χ1n) is 9.37. The van der Waals surface area contributed by atoms with Crippen molar-refractivity contribution in [2.45, 2.75) is 38.4 Å². The van der Waals surface area contributed by atoms with Gasteiger partial charge in [-0.25, -0.2) is 15.1 Å². The maximum atomic E-state index is 6.07. The van der Waals surface area contributed by atoms with Crippen LogP contribution in [0.15, 0.2) is 34.7 Å². The molecule has 0 spiro atoms. The van der Waals surface area contributed by atoms with E-state index in [1.165, 1.54) is 0 Å². The molecule has 1 aromatic carbocycles. The summed E-state index contributed by atoms with van der Waals surface area (Å²) in [7, 11) is 0. The van der Waals surface area contributed by atoms with Crippen molar-refractivity contribution in [1.29, 1.82) is 0 Å². The van der Waals surface area contributed by atoms with Gasteiger partial charge in [-0.1, -0.05) is 18.2 Å². The topological polar surface area (TPSA) is 79.9 Å². The number of hydrazine groups is 1. The van der Waals surface area contributed by atoms with E-state index in [4.69, 9.17) is 4.42 Å². The summed E-state index contributed by atoms with van der Waals surface area (Å²) in [6, 6.07) is 11.0. The van der Waals surface area contributed by atoms with Crippen molar-refractivity contribution in [1.82, 2.24) is 30.9 Å². The number of furan rings is 1. The molecule has 3 unspecified atom stereocenters. The van der Waals surface area contributed by atoms with Gasteiger partial charge in [0.05, 0.1) is 12.6 Å². The molecule has 7 heteroatoms. The van der Waals surface area contributed by atoms with Gasteiger partial charge in [0.2, 0.25) is 0 Å². The lowest BCUT2D eigenvalue weighted by molar-refractivity contribution is 0.318. The molecule has 3 aromatic rings. The van der Waals surface area contributed by atoms with Gasteiger partial charge < -0.3 is 9.73 Å². The Kier molecular flexibility index (Phi) is 4.00. The fourth-order valence-electron chi connectivity index (χ4n) is 4.10. The van der Waals surface area contributed by atoms with Crippen molar-refractivity contribution >= 4 is 11.0 Å². The lowest BCUT2D eigenvalue weighted by Crippen LogP contribution is -2.41. The maximum absolute atomic E-state index is 6.07. The first-order valence-corrected chi connectivity index (χ1v) is 9.37. The molecule has 1 saturated heterocycles. The third-order valence-corrected chi connectivity index (χ3v) is 5.48. The van der Waals surface area contributed by atoms with Crippen LogP contribution in [-0.2, 0) is 13.0 Å². The normalized spacial score (nSPS) is 25.7. The van der Waals surface area contributed by atoms with E-state index in [1.807, 2.05) is 25.1 Å². The van der Waals surface area contributed by atoms with Crippen LogP contribution in [0.25, 0.3) is 11.0 Å². The second kappa shape index (κ2) is 6.50. The molecule has 0 bridgehead atoms. The monoisotopic (exact) mass is 352 g/mol. The van der Waals surface area contributed by atoms with E-state index < -0.39 is 0 Å². The number of hydrogen-bond donors (Lipinski definition) is 3. The summed E-state index contributed by atoms with van der Waals surface area (Å²) >= 11 is 0. The molecule has 4 heterocycles. The number of rotatable bonds is 4. The van der Waals surface area contributed by atoms with Gasteiger partial charge in [0, 0.05) is 36.9 Å². The molecular weight excluding hydrogens is 328 g/mol. The lowest BCUT2D eigenvalue weighted by Gasteiger charge is -2.26. The van der Waals surface area contributed by atoms with Crippen molar-refractivity contribution in [3.8, 4) is 0 Å². The van der Waals surface area contributed by atoms with E-state index in [9.17, 15) is 0 Å². The predicted molar refractivity (Wildman–Crippen MR) is 98.5 cm³/mol. The molecule has 2 aromatic heterocycles. The molecule has 7 nitrogen and oxygen atoms in total. The highest BCUT2D eigenvalue weighted by Crippen LogP contribution is 2.30. The van der Waals surface area contributed by atoms with Gasteiger partial charge in [-0.05, 0) is 25.5 Å². The summed E-state index contributed by atoms with van der Waals surface area (Å²) in [5.41, 5.74) is 7.62. The standard InChI is InChI=1S/C19H24N6O/c1-12-22-18-7-6-15(11-25(18)24-12)20-9-14-10-21-23-19(14)17-8-13-4-2-3-5-16(13)26-17/h2-5,8,14-15,19-21,23H,6-7,9-11H2,1H3. The summed E-state index contributed by atoms with van der Waals surface area (Å²) in [4.78, 5) is 4.49. The number of aromatic nitrogens is 3. The summed E-state index contributed by atoms with van der Waals surface area (Å²) in [5, 5.41) is 9.39. The Hall–Kier alpha value is -2.22. The minimum Gasteiger partial charge on any atom is -0.459 e. The zero-order valence-electron chi connectivity index (χ0n) is 14.9. The number of aryl methyl sites for hydroxylation is 2. The number of hydrogen-bond acceptors (Lipinski definition) is 6. The molecule has 1 fully saturated rings. The molecule has 0 aliphatic carbocycles. The van der Waals surface area contributed by atoms with Crippen LogP contribution in [0.2, 0.25) is 0 Å². The summed E-state index contributed by atoms with van der Waals surface area (Å²) in [5.74, 6) is 3.43. The van der Waals surface area contributed by atoms with Gasteiger partial charge >= 0.3 is 0 Å². The van der Waals surface area contributed by atoms with E-state index in [1.54, 1.807) is 0 Å². The minimum atomic E-state index is 0.183. The number of fused-ring (bicyclic) bond motifs is 2. The van der Waals surface area contributed by atoms with E-state index >= 15 is 0 Å². The Bertz CT molecular complexity index is 883. The van der Waals surface area contributed by atoms with Crippen LogP contribution in [-0.4, -0.2) is 33.9 Å². The number of nitrogens with zero attached hydrogens (tertiary/aromatic N) is 3. The predicted octanol–water partition coefficient (Wildman–Crippen LogP) is 1.70. The van der Waals surface area contributed by atoms with Gasteiger partial charge in [-0.3, -0.25) is 5.43 Å². The van der Waals surface area contributed by atoms with Crippen LogP contribution < -0.4 is 16.2 Å². The Balaban J connectivity index is 1.25. The summed E-state index contributed by atoms with van der Waals surface area (Å²) in [6.45, 7) is 4.73. The summed E-state index contributed by atoms with van der Waals surface area (Å²) < 4.78 is 8.12. The number of para-hydroxylation sites is 1. The highest BCUT2D eigenvalue weighted by molar-refractivity contribution is 5.77. The first-order chi connectivity index (χ1) is 12.8. The average molecular weight is 352 g/mol. The zero-order valence-corrected chi connectivity index (χ0v) is 14.9. The van der Waals surface area contributed by atoms with Gasteiger partial charge in [0.25, 0.3) is 0 Å². The maximum Gasteiger partial charge on any atom is 0.147 e. The van der Waals surface area contributed by atoms with Crippen molar-refractivity contribution in [2.24, 2.45) is 5.92 Å². The molecule has 0 amide bonds. The number of benzene rings is 1. The van der Waals surface area contributed by atoms with Crippen LogP contribution in [0.4, 0.5) is 0 Å². The number of nitrogens with one attached hydrogen (secondary N) is 3. The molecule has 2 aliphatic heterocycles. The van der Waals surface area contributed by atoms with Crippen molar-refractivity contribution in [3.63, 3.8) is 0 Å². The molecular formula is C19H24N6O. The molecule has 0 saturated carbocycles. The van der Waals surface area contributed by atoms with Gasteiger partial charge in [0.1, 0.15) is 23.0 Å². The first kappa shape index (κ1) is 16.0. The van der Waals surface area contributed by atoms with Crippen LogP contribution in [0.1, 0.15) is 29.9 Å². The molecule has 26 heavy (non-hydrogen) atoms. The molecule has 2 aliphatic rings. The minimum absolute atomic E-state index is 0.183. The molecule has 3 N–H and O–H groups in total. The van der Waals surface area contributed by atoms with Crippen molar-refractivity contribution < 1.29 is 4.42 Å². The quantitative estimate of drug-likeness (QED) is 0.663. The Morgan fingerprint density at radius 2 is 2.27 bits per heavy atom. The fraction of sp³-hybridized carbons (Fsp3) is 0.474. The lowest BCUT2D eigenvalue weighted by atomic mass is 9.98. The van der Waals surface area contributed by atoms with Crippen molar-refractivity contribution in [3.05, 3.63) is 47.7 Å². The Morgan fingerprint density at radius 3 is 3.19 bits per heavy atom. The second-order valence-electron chi connectivity index (χ2n) is 7.35. The average Bonchev–Trinajstić information content (AvgIpc) is 3.35. The molecule has 0 radical (unpaired) electrons. The van der Waals surface area contributed by atoms with Crippen LogP contribution in [0.5, 0.6) is 0 Å². The highest BCUT2D eigenvalue weighted by atomic mass is 16.3. The van der Waals surface area contributed by atoms with E-state index in [0.717, 1.165) is 60.9 Å². The smallest absolute Gasteiger partial charge is 0.147 e. The van der Waals surface area contributed by atoms with Gasteiger partial charge in [-0.2, -0.15) is 5.10 Å². The largest absolute Gasteiger partial charge is 0.459 e. The van der Waals surface area contributed by atoms with Gasteiger partial charge in [-0.15, -0.1) is 0 Å². The zero-order chi connectivity index (χ0) is 17.5.